The van der Waals surface area contributed by atoms with Gasteiger partial charge in [-0.2, -0.15) is 0 Å². The number of ether oxygens (including phenoxy) is 7. The summed E-state index contributed by atoms with van der Waals surface area (Å²) in [5.74, 6) is -5.92. The summed E-state index contributed by atoms with van der Waals surface area (Å²) in [6, 6.07) is 36.5. The van der Waals surface area contributed by atoms with Crippen molar-refractivity contribution in [2.24, 2.45) is 21.9 Å². The molecule has 3 fully saturated rings. The molecule has 0 spiro atoms. The molecule has 17 nitrogen and oxygen atoms in total. The zero-order valence-corrected chi connectivity index (χ0v) is 47.3. The van der Waals surface area contributed by atoms with E-state index in [2.05, 4.69) is 5.16 Å². The minimum Gasteiger partial charge on any atom is -0.455 e. The molecule has 3 aliphatic carbocycles. The predicted molar refractivity (Wildman–Crippen MR) is 290 cm³/mol. The highest BCUT2D eigenvalue weighted by Crippen LogP contribution is 2.65. The monoisotopic (exact) mass is 1100 g/mol. The summed E-state index contributed by atoms with van der Waals surface area (Å²) < 4.78 is 51.2. The van der Waals surface area contributed by atoms with Gasteiger partial charge >= 0.3 is 30.0 Å². The summed E-state index contributed by atoms with van der Waals surface area (Å²) in [5.41, 5.74) is -6.01. The zero-order valence-electron chi connectivity index (χ0n) is 46.3. The normalized spacial score (nSPS) is 27.5. The Morgan fingerprint density at radius 3 is 1.84 bits per heavy atom. The van der Waals surface area contributed by atoms with E-state index in [1.807, 2.05) is 51.1 Å². The third-order valence-electron chi connectivity index (χ3n) is 16.9. The highest BCUT2D eigenvalue weighted by Gasteiger charge is 2.79. The predicted octanol–water partition coefficient (Wildman–Crippen LogP) is 9.58. The third kappa shape index (κ3) is 11.3. The number of Topliss-reactive ketones (excluding diaryl/α,β-unsaturated/α-hetero) is 1. The standard InChI is InChI=1S/C61H71NO16Si/c1-10-79(11-2,12-3)78-46-33-47-60(37-71-47,77-40(6)64)52-54(76-55(66)44-31-23-16-24-32-44)61(69)34-45(38(4)48(58(61,7)8)50(53(65)59(46,52)9)75-57(68)70-35-41-25-17-13-18-26-41)74-56(67)51(73-39(5)63)49(43-29-21-15-22-30-43)62-72-36-42-27-19-14-20-28-42/h13-32,45-47,50-52,54,69H,10-12,33-37H2,1-9H3/b62-49+/t45-,46-,47+,50+,51?,52-,54-,59+,60-,61+/m0/s1. The van der Waals surface area contributed by atoms with E-state index in [-0.39, 0.29) is 48.7 Å². The van der Waals surface area contributed by atoms with Crippen LogP contribution in [0.1, 0.15) is 102 Å². The molecule has 1 saturated heterocycles. The van der Waals surface area contributed by atoms with Crippen LogP contribution >= 0.6 is 0 Å². The largest absolute Gasteiger partial charge is 0.509 e. The van der Waals surface area contributed by atoms with Gasteiger partial charge in [0.15, 0.2) is 25.8 Å². The van der Waals surface area contributed by atoms with Gasteiger partial charge in [-0.1, -0.05) is 149 Å². The Hall–Kier alpha value is -6.99. The van der Waals surface area contributed by atoms with E-state index in [9.17, 15) is 24.3 Å². The third-order valence-corrected chi connectivity index (χ3v) is 21.6. The quantitative estimate of drug-likeness (QED) is 0.0231. The van der Waals surface area contributed by atoms with Gasteiger partial charge in [0.2, 0.25) is 6.10 Å². The van der Waals surface area contributed by atoms with E-state index in [0.29, 0.717) is 29.3 Å². The number of nitrogens with zero attached hydrogens (tertiary/aromatic N) is 1. The molecule has 2 bridgehead atoms. The molecule has 2 saturated carbocycles. The molecule has 18 heteroatoms. The SMILES string of the molecule is CC[Si](CC)(CC)O[C@H]1C[C@H]2OC[C@@]2(OC(C)=O)[C@H]2[C@H](OC(=O)c3ccccc3)[C@]3(O)C[C@H](OC(=O)C(OC(C)=O)/C(=N/OCc4ccccc4)c4ccccc4)C(C)=C([C@@H](OC(=O)OCc4ccccc4)C(=O)[C@]12C)C3(C)C. The van der Waals surface area contributed by atoms with E-state index >= 15 is 9.59 Å². The fourth-order valence-electron chi connectivity index (χ4n) is 12.3. The topological polar surface area (TPSA) is 218 Å². The van der Waals surface area contributed by atoms with E-state index in [4.69, 9.17) is 42.4 Å². The lowest BCUT2D eigenvalue weighted by atomic mass is 9.44. The Bertz CT molecular complexity index is 2920. The second-order valence-corrected chi connectivity index (χ2v) is 26.4. The van der Waals surface area contributed by atoms with Crippen LogP contribution in [0.2, 0.25) is 18.1 Å². The van der Waals surface area contributed by atoms with Crippen LogP contribution in [-0.4, -0.2) is 109 Å². The average Bonchev–Trinajstić information content (AvgIpc) is 3.61. The van der Waals surface area contributed by atoms with Gasteiger partial charge in [0.25, 0.3) is 0 Å². The molecule has 8 rings (SSSR count). The summed E-state index contributed by atoms with van der Waals surface area (Å²) in [4.78, 5) is 93.9. The number of aliphatic hydroxyl groups is 1. The van der Waals surface area contributed by atoms with Crippen LogP contribution in [0, 0.1) is 16.7 Å². The van der Waals surface area contributed by atoms with E-state index in [1.54, 1.807) is 107 Å². The molecule has 0 amide bonds. The van der Waals surface area contributed by atoms with Crippen LogP contribution < -0.4 is 0 Å². The summed E-state index contributed by atoms with van der Waals surface area (Å²) in [7, 11) is -2.72. The van der Waals surface area contributed by atoms with Crippen LogP contribution in [0.5, 0.6) is 0 Å². The summed E-state index contributed by atoms with van der Waals surface area (Å²) >= 11 is 0. The molecule has 1 N–H and O–H groups in total. The first-order valence-corrected chi connectivity index (χ1v) is 29.5. The molecule has 4 aliphatic rings. The Labute approximate surface area is 462 Å². The van der Waals surface area contributed by atoms with Gasteiger partial charge in [-0.3, -0.25) is 14.4 Å². The van der Waals surface area contributed by atoms with E-state index in [1.165, 1.54) is 19.1 Å². The first kappa shape index (κ1) is 58.2. The number of hydrogen-bond donors (Lipinski definition) is 1. The minimum absolute atomic E-state index is 0.00517. The van der Waals surface area contributed by atoms with Crippen molar-refractivity contribution < 1.29 is 76.3 Å². The fourth-order valence-corrected chi connectivity index (χ4v) is 15.3. The molecule has 1 aliphatic heterocycles. The lowest BCUT2D eigenvalue weighted by Crippen LogP contribution is -2.82. The van der Waals surface area contributed by atoms with Gasteiger partial charge in [-0.25, -0.2) is 14.4 Å². The van der Waals surface area contributed by atoms with Crippen molar-refractivity contribution in [3.8, 4) is 0 Å². The van der Waals surface area contributed by atoms with Crippen molar-refractivity contribution in [2.45, 2.75) is 154 Å². The molecule has 0 radical (unpaired) electrons. The average molecular weight is 1100 g/mol. The zero-order chi connectivity index (χ0) is 56.9. The van der Waals surface area contributed by atoms with Crippen LogP contribution in [0.3, 0.4) is 0 Å². The maximum Gasteiger partial charge on any atom is 0.509 e. The summed E-state index contributed by atoms with van der Waals surface area (Å²) in [6.07, 6.45) is -10.9. The van der Waals surface area contributed by atoms with Crippen molar-refractivity contribution in [1.29, 1.82) is 0 Å². The van der Waals surface area contributed by atoms with Gasteiger partial charge in [-0.05, 0) is 66.4 Å². The molecular formula is C61H71NO16Si. The number of hydrogen-bond acceptors (Lipinski definition) is 17. The van der Waals surface area contributed by atoms with Crippen LogP contribution in [0.25, 0.3) is 0 Å². The first-order chi connectivity index (χ1) is 37.7. The molecular weight excluding hydrogens is 1030 g/mol. The van der Waals surface area contributed by atoms with Crippen LogP contribution in [-0.2, 0) is 74.8 Å². The molecule has 1 heterocycles. The lowest BCUT2D eigenvalue weighted by molar-refractivity contribution is -0.344. The van der Waals surface area contributed by atoms with Crippen LogP contribution in [0.4, 0.5) is 4.79 Å². The second kappa shape index (κ2) is 23.8. The van der Waals surface area contributed by atoms with Gasteiger partial charge in [-0.15, -0.1) is 0 Å². The number of oxime groups is 1. The van der Waals surface area contributed by atoms with Gasteiger partial charge < -0.3 is 47.5 Å². The molecule has 0 aromatic heterocycles. The highest BCUT2D eigenvalue weighted by atomic mass is 28.4. The molecule has 10 atom stereocenters. The Kier molecular flexibility index (Phi) is 17.5. The van der Waals surface area contributed by atoms with Gasteiger partial charge in [0.1, 0.15) is 42.8 Å². The number of fused-ring (bicyclic) bond motifs is 5. The van der Waals surface area contributed by atoms with Crippen molar-refractivity contribution in [3.05, 3.63) is 155 Å². The van der Waals surface area contributed by atoms with Crippen molar-refractivity contribution in [3.63, 3.8) is 0 Å². The maximum atomic E-state index is 16.8. The molecule has 1 unspecified atom stereocenters. The van der Waals surface area contributed by atoms with Crippen molar-refractivity contribution in [2.75, 3.05) is 6.61 Å². The number of rotatable bonds is 19. The summed E-state index contributed by atoms with van der Waals surface area (Å²) in [5, 5.41) is 18.8. The van der Waals surface area contributed by atoms with E-state index < -0.39 is 115 Å². The lowest BCUT2D eigenvalue weighted by Gasteiger charge is -2.68. The van der Waals surface area contributed by atoms with Crippen molar-refractivity contribution in [1.82, 2.24) is 0 Å². The number of carbonyl (C=O) groups excluding carboxylic acids is 6. The minimum atomic E-state index is -2.72. The van der Waals surface area contributed by atoms with Gasteiger partial charge in [0.05, 0.1) is 29.6 Å². The maximum absolute atomic E-state index is 16.8. The molecule has 4 aromatic carbocycles. The second-order valence-electron chi connectivity index (χ2n) is 21.6. The Morgan fingerprint density at radius 1 is 0.747 bits per heavy atom. The Morgan fingerprint density at radius 2 is 1.30 bits per heavy atom. The molecule has 4 aromatic rings. The van der Waals surface area contributed by atoms with Crippen LogP contribution in [0.15, 0.2) is 138 Å². The summed E-state index contributed by atoms with van der Waals surface area (Å²) in [6.45, 7) is 14.4. The number of carbonyl (C=O) groups is 6. The fraction of sp³-hybridized carbons (Fsp3) is 0.459. The van der Waals surface area contributed by atoms with Crippen molar-refractivity contribution >= 4 is 49.8 Å². The molecule has 420 valence electrons. The smallest absolute Gasteiger partial charge is 0.455 e. The number of benzene rings is 4. The number of esters is 4. The molecule has 79 heavy (non-hydrogen) atoms. The first-order valence-electron chi connectivity index (χ1n) is 27.0. The van der Waals surface area contributed by atoms with E-state index in [0.717, 1.165) is 12.5 Å². The van der Waals surface area contributed by atoms with Gasteiger partial charge in [0, 0.05) is 37.7 Å². The Balaban J connectivity index is 1.35. The highest BCUT2D eigenvalue weighted by molar-refractivity contribution is 6.73. The number of ketones is 1.